The molecule has 0 aliphatic carbocycles. The van der Waals surface area contributed by atoms with Crippen LogP contribution in [-0.4, -0.2) is 17.0 Å². The highest BCUT2D eigenvalue weighted by atomic mass is 79.9. The van der Waals surface area contributed by atoms with Crippen LogP contribution in [0.4, 0.5) is 17.6 Å². The SMILES string of the molecule is O=C=NC(F)(F)C(F)(F)Br. The van der Waals surface area contributed by atoms with E-state index in [0.29, 0.717) is 6.08 Å². The molecular weight excluding hydrogens is 222 g/mol. The number of aliphatic imine (C=N–C) groups is 1. The molecule has 0 bridgehead atoms. The van der Waals surface area contributed by atoms with Crippen molar-refractivity contribution in [1.29, 1.82) is 0 Å². The van der Waals surface area contributed by atoms with Crippen molar-refractivity contribution in [2.75, 3.05) is 0 Å². The zero-order valence-corrected chi connectivity index (χ0v) is 5.83. The first-order valence-corrected chi connectivity index (χ1v) is 2.64. The van der Waals surface area contributed by atoms with Crippen LogP contribution in [-0.2, 0) is 4.79 Å². The van der Waals surface area contributed by atoms with Crippen LogP contribution >= 0.6 is 15.9 Å². The van der Waals surface area contributed by atoms with Crippen molar-refractivity contribution in [2.45, 2.75) is 10.9 Å². The van der Waals surface area contributed by atoms with Gasteiger partial charge in [-0.25, -0.2) is 4.79 Å². The van der Waals surface area contributed by atoms with Gasteiger partial charge in [-0.2, -0.15) is 17.6 Å². The monoisotopic (exact) mass is 221 g/mol. The topological polar surface area (TPSA) is 29.4 Å². The molecule has 0 aromatic carbocycles. The van der Waals surface area contributed by atoms with Gasteiger partial charge >= 0.3 is 10.9 Å². The van der Waals surface area contributed by atoms with E-state index < -0.39 is 10.9 Å². The first-order chi connectivity index (χ1) is 4.31. The van der Waals surface area contributed by atoms with E-state index in [9.17, 15) is 17.6 Å². The fraction of sp³-hybridized carbons (Fsp3) is 0.667. The second kappa shape index (κ2) is 2.67. The minimum absolute atomic E-state index is 0.330. The number of hydrogen-bond donors (Lipinski definition) is 0. The Morgan fingerprint density at radius 2 is 1.70 bits per heavy atom. The third-order valence-corrected chi connectivity index (χ3v) is 1.00. The number of carbonyl (C=O) groups excluding carboxylic acids is 1. The molecular formula is C3BrF4NO. The van der Waals surface area contributed by atoms with Gasteiger partial charge in [-0.15, -0.1) is 4.99 Å². The minimum Gasteiger partial charge on any atom is -0.211 e. The number of halogens is 5. The third kappa shape index (κ3) is 2.07. The van der Waals surface area contributed by atoms with Crippen molar-refractivity contribution in [1.82, 2.24) is 0 Å². The average Bonchev–Trinajstić information content (AvgIpc) is 1.61. The molecule has 0 atom stereocenters. The molecule has 0 radical (unpaired) electrons. The summed E-state index contributed by atoms with van der Waals surface area (Å²) in [7, 11) is 0. The Kier molecular flexibility index (Phi) is 2.56. The highest BCUT2D eigenvalue weighted by Gasteiger charge is 2.55. The van der Waals surface area contributed by atoms with E-state index in [-0.39, 0.29) is 0 Å². The van der Waals surface area contributed by atoms with E-state index in [2.05, 4.69) is 0 Å². The van der Waals surface area contributed by atoms with Crippen LogP contribution in [0.2, 0.25) is 0 Å². The molecule has 0 spiro atoms. The molecule has 0 fully saturated rings. The van der Waals surface area contributed by atoms with E-state index in [1.165, 1.54) is 15.9 Å². The van der Waals surface area contributed by atoms with Crippen molar-refractivity contribution in [3.8, 4) is 0 Å². The normalized spacial score (nSPS) is 12.5. The molecule has 0 aliphatic rings. The lowest BCUT2D eigenvalue weighted by molar-refractivity contribution is -0.139. The summed E-state index contributed by atoms with van der Waals surface area (Å²) < 4.78 is 46.6. The Hall–Kier alpha value is -0.420. The van der Waals surface area contributed by atoms with Gasteiger partial charge in [0, 0.05) is 0 Å². The summed E-state index contributed by atoms with van der Waals surface area (Å²) in [6.45, 7) is 0. The highest BCUT2D eigenvalue weighted by Crippen LogP contribution is 2.39. The van der Waals surface area contributed by atoms with E-state index in [0.717, 1.165) is 0 Å². The van der Waals surface area contributed by atoms with Gasteiger partial charge in [-0.1, -0.05) is 0 Å². The van der Waals surface area contributed by atoms with Gasteiger partial charge in [-0.05, 0) is 15.9 Å². The van der Waals surface area contributed by atoms with Crippen molar-refractivity contribution in [3.63, 3.8) is 0 Å². The Morgan fingerprint density at radius 1 is 1.30 bits per heavy atom. The summed E-state index contributed by atoms with van der Waals surface area (Å²) in [6, 6.07) is -4.73. The number of isocyanates is 1. The smallest absolute Gasteiger partial charge is 0.211 e. The van der Waals surface area contributed by atoms with Crippen molar-refractivity contribution < 1.29 is 22.4 Å². The zero-order valence-electron chi connectivity index (χ0n) is 4.25. The molecule has 0 aromatic rings. The van der Waals surface area contributed by atoms with E-state index in [1.54, 1.807) is 4.99 Å². The number of rotatable bonds is 2. The predicted molar refractivity (Wildman–Crippen MR) is 26.9 cm³/mol. The maximum atomic E-state index is 11.7. The second-order valence-electron chi connectivity index (χ2n) is 1.24. The lowest BCUT2D eigenvalue weighted by Gasteiger charge is -2.13. The molecule has 0 N–H and O–H groups in total. The second-order valence-corrected chi connectivity index (χ2v) is 2.24. The number of nitrogens with zero attached hydrogens (tertiary/aromatic N) is 1. The fourth-order valence-electron chi connectivity index (χ4n) is 0.121. The van der Waals surface area contributed by atoms with Crippen LogP contribution in [0.25, 0.3) is 0 Å². The van der Waals surface area contributed by atoms with Crippen LogP contribution in [0.3, 0.4) is 0 Å². The molecule has 0 aromatic heterocycles. The molecule has 2 nitrogen and oxygen atoms in total. The van der Waals surface area contributed by atoms with E-state index in [1.807, 2.05) is 0 Å². The van der Waals surface area contributed by atoms with Gasteiger partial charge in [-0.3, -0.25) is 0 Å². The lowest BCUT2D eigenvalue weighted by atomic mass is 10.6. The molecule has 10 heavy (non-hydrogen) atoms. The van der Waals surface area contributed by atoms with Gasteiger partial charge in [0.1, 0.15) is 0 Å². The largest absolute Gasteiger partial charge is 0.425 e. The van der Waals surface area contributed by atoms with E-state index >= 15 is 0 Å². The maximum Gasteiger partial charge on any atom is 0.425 e. The highest BCUT2D eigenvalue weighted by molar-refractivity contribution is 9.10. The fourth-order valence-corrected chi connectivity index (χ4v) is 0.209. The first-order valence-electron chi connectivity index (χ1n) is 1.85. The Bertz CT molecular complexity index is 170. The molecule has 0 rings (SSSR count). The summed E-state index contributed by atoms with van der Waals surface area (Å²) in [6.07, 6.45) is 0.330. The first kappa shape index (κ1) is 9.58. The minimum atomic E-state index is -4.73. The van der Waals surface area contributed by atoms with Gasteiger partial charge in [0.05, 0.1) is 0 Å². The van der Waals surface area contributed by atoms with Gasteiger partial charge in [0.15, 0.2) is 0 Å². The van der Waals surface area contributed by atoms with Crippen molar-refractivity contribution >= 4 is 22.0 Å². The van der Waals surface area contributed by atoms with Crippen molar-refractivity contribution in [2.24, 2.45) is 4.99 Å². The molecule has 0 unspecified atom stereocenters. The Morgan fingerprint density at radius 3 is 1.80 bits per heavy atom. The molecule has 0 amide bonds. The zero-order chi connectivity index (χ0) is 8.41. The standard InChI is InChI=1S/C3BrF4NO/c4-2(5,6)3(7,8)9-1-10. The van der Waals surface area contributed by atoms with Gasteiger partial charge in [0.25, 0.3) is 0 Å². The average molecular weight is 222 g/mol. The summed E-state index contributed by atoms with van der Waals surface area (Å²) in [5.74, 6) is 0. The third-order valence-electron chi connectivity index (χ3n) is 0.527. The number of hydrogen-bond acceptors (Lipinski definition) is 2. The molecule has 0 saturated carbocycles. The van der Waals surface area contributed by atoms with Crippen LogP contribution in [0.5, 0.6) is 0 Å². The Labute approximate surface area is 61.1 Å². The molecule has 0 heterocycles. The number of alkyl halides is 5. The van der Waals surface area contributed by atoms with Gasteiger partial charge in [0.2, 0.25) is 6.08 Å². The Balaban J connectivity index is 4.56. The lowest BCUT2D eigenvalue weighted by Crippen LogP contribution is -2.32. The summed E-state index contributed by atoms with van der Waals surface area (Å²) >= 11 is 1.35. The predicted octanol–water partition coefficient (Wildman–Crippen LogP) is 1.90. The maximum absolute atomic E-state index is 11.7. The molecule has 7 heteroatoms. The quantitative estimate of drug-likeness (QED) is 0.230. The van der Waals surface area contributed by atoms with Gasteiger partial charge < -0.3 is 0 Å². The summed E-state index contributed by atoms with van der Waals surface area (Å²) in [5.41, 5.74) is 0. The van der Waals surface area contributed by atoms with Crippen molar-refractivity contribution in [3.05, 3.63) is 0 Å². The van der Waals surface area contributed by atoms with Crippen LogP contribution in [0, 0.1) is 0 Å². The molecule has 58 valence electrons. The molecule has 0 saturated heterocycles. The van der Waals surface area contributed by atoms with Crippen LogP contribution < -0.4 is 0 Å². The molecule has 0 aliphatic heterocycles. The van der Waals surface area contributed by atoms with E-state index in [4.69, 9.17) is 4.79 Å². The summed E-state index contributed by atoms with van der Waals surface area (Å²) in [4.78, 5) is 6.23. The van der Waals surface area contributed by atoms with Crippen LogP contribution in [0.1, 0.15) is 0 Å². The van der Waals surface area contributed by atoms with Crippen LogP contribution in [0.15, 0.2) is 4.99 Å². The summed E-state index contributed by atoms with van der Waals surface area (Å²) in [5, 5.41) is 0.